The van der Waals surface area contributed by atoms with Crippen molar-refractivity contribution in [1.82, 2.24) is 29.7 Å². The van der Waals surface area contributed by atoms with Gasteiger partial charge in [0, 0.05) is 12.4 Å². The number of alkyl halides is 6. The molecule has 4 heterocycles. The number of terminal acetylenes is 1. The molecular formula is C28H31F6IN8O12. The Hall–Kier alpha value is -4.59. The van der Waals surface area contributed by atoms with Crippen LogP contribution in [0.5, 0.6) is 0 Å². The van der Waals surface area contributed by atoms with Gasteiger partial charge in [0.15, 0.2) is 12.5 Å². The van der Waals surface area contributed by atoms with Crippen molar-refractivity contribution in [1.29, 1.82) is 0 Å². The van der Waals surface area contributed by atoms with Gasteiger partial charge in [-0.05, 0) is 22.6 Å². The van der Waals surface area contributed by atoms with Crippen LogP contribution in [-0.4, -0.2) is 137 Å². The molecule has 12 N–H and O–H groups in total. The summed E-state index contributed by atoms with van der Waals surface area (Å²) in [7, 11) is 0. The van der Waals surface area contributed by atoms with Crippen LogP contribution in [0.2, 0.25) is 0 Å². The summed E-state index contributed by atoms with van der Waals surface area (Å²) in [5, 5.41) is 60.1. The number of carbonyl (C=O) groups excluding carboxylic acids is 2. The van der Waals surface area contributed by atoms with Crippen LogP contribution < -0.4 is 33.5 Å². The average molecular weight is 912 g/mol. The number of amides is 2. The smallest absolute Gasteiger partial charge is 0.394 e. The number of hydrogen-bond acceptors (Lipinski definition) is 16. The average Bonchev–Trinajstić information content (AvgIpc) is 3.56. The molecule has 20 nitrogen and oxygen atoms in total. The Balaban J connectivity index is 0.000000320. The molecule has 2 aliphatic heterocycles. The van der Waals surface area contributed by atoms with Crippen LogP contribution >= 0.6 is 22.6 Å². The number of hydrogen-bond donors (Lipinski definition) is 10. The van der Waals surface area contributed by atoms with E-state index in [0.717, 1.165) is 15.3 Å². The Morgan fingerprint density at radius 3 is 1.62 bits per heavy atom. The molecule has 2 aromatic rings. The lowest BCUT2D eigenvalue weighted by atomic mass is 10.1. The second kappa shape index (κ2) is 19.8. The van der Waals surface area contributed by atoms with E-state index >= 15 is 0 Å². The van der Waals surface area contributed by atoms with Crippen molar-refractivity contribution in [2.75, 3.05) is 37.8 Å². The molecule has 2 saturated heterocycles. The Morgan fingerprint density at radius 1 is 0.800 bits per heavy atom. The highest BCUT2D eigenvalue weighted by molar-refractivity contribution is 14.1. The predicted molar refractivity (Wildman–Crippen MR) is 178 cm³/mol. The third-order valence-corrected chi connectivity index (χ3v) is 7.76. The number of nitrogens with zero attached hydrogens (tertiary/aromatic N) is 4. The van der Waals surface area contributed by atoms with Gasteiger partial charge in [-0.25, -0.2) is 9.59 Å². The van der Waals surface area contributed by atoms with Gasteiger partial charge >= 0.3 is 35.5 Å². The van der Waals surface area contributed by atoms with E-state index in [2.05, 4.69) is 28.2 Å². The van der Waals surface area contributed by atoms with E-state index in [1.807, 2.05) is 28.5 Å². The summed E-state index contributed by atoms with van der Waals surface area (Å²) in [6, 6.07) is 0. The zero-order chi connectivity index (χ0) is 42.0. The van der Waals surface area contributed by atoms with Crippen LogP contribution in [-0.2, 0) is 19.1 Å². The minimum atomic E-state index is -5.05. The highest BCUT2D eigenvalue weighted by Crippen LogP contribution is 2.29. The first kappa shape index (κ1) is 46.6. The lowest BCUT2D eigenvalue weighted by Gasteiger charge is -2.17. The summed E-state index contributed by atoms with van der Waals surface area (Å²) in [5.74, 6) is 1.96. The summed E-state index contributed by atoms with van der Waals surface area (Å²) >= 11 is 1.88. The van der Waals surface area contributed by atoms with Gasteiger partial charge in [0.1, 0.15) is 48.3 Å². The number of nitrogen functional groups attached to an aromatic ring is 2. The number of aliphatic hydroxyl groups is 6. The number of carbonyl (C=O) groups is 2. The Morgan fingerprint density at radius 2 is 1.22 bits per heavy atom. The monoisotopic (exact) mass is 912 g/mol. The second-order valence-corrected chi connectivity index (χ2v) is 11.9. The molecule has 0 radical (unpaired) electrons. The molecule has 2 aliphatic rings. The van der Waals surface area contributed by atoms with E-state index in [1.165, 1.54) is 16.8 Å². The van der Waals surface area contributed by atoms with Gasteiger partial charge in [-0.2, -0.15) is 36.3 Å². The third kappa shape index (κ3) is 12.5. The third-order valence-electron chi connectivity index (χ3n) is 6.92. The van der Waals surface area contributed by atoms with Crippen LogP contribution in [0, 0.1) is 27.8 Å². The normalized spacial score (nSPS) is 24.5. The van der Waals surface area contributed by atoms with Crippen molar-refractivity contribution in [3.05, 3.63) is 42.5 Å². The van der Waals surface area contributed by atoms with Gasteiger partial charge < -0.3 is 62.2 Å². The highest BCUT2D eigenvalue weighted by Gasteiger charge is 2.45. The fourth-order valence-electron chi connectivity index (χ4n) is 4.22. The van der Waals surface area contributed by atoms with Crippen LogP contribution in [0.3, 0.4) is 0 Å². The molecular weight excluding hydrogens is 881 g/mol. The molecule has 4 rings (SSSR count). The minimum absolute atomic E-state index is 0.0867. The summed E-state index contributed by atoms with van der Waals surface area (Å²) in [5.41, 5.74) is 9.28. The van der Waals surface area contributed by atoms with Crippen molar-refractivity contribution in [3.8, 4) is 24.2 Å². The van der Waals surface area contributed by atoms with Crippen molar-refractivity contribution >= 4 is 46.0 Å². The van der Waals surface area contributed by atoms with E-state index < -0.39 is 111 Å². The van der Waals surface area contributed by atoms with Gasteiger partial charge in [0.25, 0.3) is 0 Å². The minimum Gasteiger partial charge on any atom is -0.394 e. The van der Waals surface area contributed by atoms with Gasteiger partial charge in [0.2, 0.25) is 0 Å². The quantitative estimate of drug-likeness (QED) is 0.0747. The van der Waals surface area contributed by atoms with Crippen LogP contribution in [0.25, 0.3) is 0 Å². The molecule has 0 aliphatic carbocycles. The molecule has 0 bridgehead atoms. The first-order valence-electron chi connectivity index (χ1n) is 14.8. The lowest BCUT2D eigenvalue weighted by molar-refractivity contribution is -0.173. The molecule has 0 spiro atoms. The maximum Gasteiger partial charge on any atom is 0.471 e. The van der Waals surface area contributed by atoms with Gasteiger partial charge in [-0.15, -0.1) is 6.42 Å². The van der Waals surface area contributed by atoms with Crippen LogP contribution in [0.15, 0.2) is 22.0 Å². The van der Waals surface area contributed by atoms with Gasteiger partial charge in [0.05, 0.1) is 35.4 Å². The van der Waals surface area contributed by atoms with Crippen molar-refractivity contribution in [3.63, 3.8) is 0 Å². The number of halogens is 7. The zero-order valence-corrected chi connectivity index (χ0v) is 29.6. The van der Waals surface area contributed by atoms with E-state index in [9.17, 15) is 65.9 Å². The Bertz CT molecular complexity index is 1900. The fraction of sp³-hybridized carbons (Fsp3) is 0.500. The predicted octanol–water partition coefficient (Wildman–Crippen LogP) is -4.19. The molecule has 2 aromatic heterocycles. The number of aromatic nitrogens is 4. The molecule has 2 unspecified atom stereocenters. The molecule has 0 saturated carbocycles. The summed E-state index contributed by atoms with van der Waals surface area (Å²) in [4.78, 5) is 51.2. The van der Waals surface area contributed by atoms with E-state index in [4.69, 9.17) is 31.2 Å². The number of nitrogens with two attached hydrogens (primary N) is 2. The first-order valence-corrected chi connectivity index (χ1v) is 15.9. The van der Waals surface area contributed by atoms with E-state index in [0.29, 0.717) is 3.57 Å². The maximum atomic E-state index is 12.1. The number of aliphatic hydroxyl groups excluding tert-OH is 6. The van der Waals surface area contributed by atoms with Crippen molar-refractivity contribution in [2.45, 2.75) is 61.4 Å². The highest BCUT2D eigenvalue weighted by atomic mass is 127. The zero-order valence-electron chi connectivity index (χ0n) is 27.4. The molecule has 0 aromatic carbocycles. The molecule has 55 heavy (non-hydrogen) atoms. The van der Waals surface area contributed by atoms with E-state index in [1.54, 1.807) is 0 Å². The van der Waals surface area contributed by atoms with Gasteiger partial charge in [-0.1, -0.05) is 17.8 Å². The van der Waals surface area contributed by atoms with E-state index in [-0.39, 0.29) is 17.2 Å². The number of ether oxygens (including phenoxy) is 2. The SMILES string of the molecule is C#CCNC(=O)C(F)(F)F.Nc1nc(=O)n([C@@H]2O[C@H](CO)[C@H](O)C2O)cc1C#CCNC(=O)C(F)(F)F.Nc1nc(=O)n([C@@H]2O[C@H](CO)[C@H](O)C2O)cc1I. The summed E-state index contributed by atoms with van der Waals surface area (Å²) in [6.07, 6.45) is -13.0. The number of rotatable bonds is 6. The molecule has 8 atom stereocenters. The van der Waals surface area contributed by atoms with Crippen LogP contribution in [0.4, 0.5) is 38.0 Å². The topological polar surface area (TPSA) is 320 Å². The maximum absolute atomic E-state index is 12.1. The van der Waals surface area contributed by atoms with Crippen LogP contribution in [0.1, 0.15) is 18.0 Å². The number of anilines is 2. The lowest BCUT2D eigenvalue weighted by Crippen LogP contribution is -2.37. The first-order chi connectivity index (χ1) is 25.5. The Kier molecular flexibility index (Phi) is 16.8. The second-order valence-electron chi connectivity index (χ2n) is 10.7. The summed E-state index contributed by atoms with van der Waals surface area (Å²) < 4.78 is 82.8. The molecule has 2 amide bonds. The Labute approximate surface area is 317 Å². The largest absolute Gasteiger partial charge is 0.471 e. The standard InChI is InChI=1S/C14H15F3N4O6.C9H12IN3O5.C5H4F3NO/c15-14(16,17)12(25)19-3-1-2-6-4-21(13(26)20-10(6)18)11-9(24)8(23)7(5-22)27-11;10-3-1-13(9(17)12-7(3)11)8-6(16)5(15)4(2-14)18-8;1-2-3-9-4(10)5(6,7)8/h4,7-9,11,22-24H,3,5H2,(H,19,25)(H2,18,20,26);1,4-6,8,14-16H,2H2,(H2,11,12,17);1H,3H2,(H,9,10)/t7-,8+,9?,11-;4-,5+,6?,8-;/m11./s1. The van der Waals surface area contributed by atoms with Gasteiger partial charge in [-0.3, -0.25) is 18.7 Å². The summed E-state index contributed by atoms with van der Waals surface area (Å²) in [6.45, 7) is -2.12. The molecule has 304 valence electrons. The molecule has 27 heteroatoms. The van der Waals surface area contributed by atoms with Crippen molar-refractivity contribution < 1.29 is 76.0 Å². The molecule has 2 fully saturated rings. The van der Waals surface area contributed by atoms with Crippen molar-refractivity contribution in [2.24, 2.45) is 0 Å². The number of nitrogens with one attached hydrogen (secondary N) is 2. The fourth-order valence-corrected chi connectivity index (χ4v) is 4.64.